The summed E-state index contributed by atoms with van der Waals surface area (Å²) in [6.07, 6.45) is 4.02. The first-order valence-corrected chi connectivity index (χ1v) is 7.03. The number of hydrogen-bond donors (Lipinski definition) is 2. The molecular formula is C13H20N2OS. The van der Waals surface area contributed by atoms with Crippen molar-refractivity contribution in [2.45, 2.75) is 39.2 Å². The molecule has 0 aliphatic heterocycles. The van der Waals surface area contributed by atoms with Gasteiger partial charge in [0, 0.05) is 11.3 Å². The quantitative estimate of drug-likeness (QED) is 0.844. The van der Waals surface area contributed by atoms with Crippen molar-refractivity contribution in [2.75, 3.05) is 6.54 Å². The average Bonchev–Trinajstić information content (AvgIpc) is 2.67. The van der Waals surface area contributed by atoms with Gasteiger partial charge in [-0.3, -0.25) is 4.79 Å². The molecule has 1 aliphatic carbocycles. The molecule has 0 aromatic carbocycles. The van der Waals surface area contributed by atoms with E-state index < -0.39 is 0 Å². The Morgan fingerprint density at radius 3 is 2.82 bits per heavy atom. The Bertz CT molecular complexity index is 390. The molecule has 17 heavy (non-hydrogen) atoms. The molecule has 0 radical (unpaired) electrons. The molecule has 2 rings (SSSR count). The molecule has 0 atom stereocenters. The van der Waals surface area contributed by atoms with Crippen molar-refractivity contribution in [2.24, 2.45) is 11.1 Å². The summed E-state index contributed by atoms with van der Waals surface area (Å²) in [6, 6.07) is 2.08. The molecule has 1 aliphatic rings. The summed E-state index contributed by atoms with van der Waals surface area (Å²) in [7, 11) is 0. The van der Waals surface area contributed by atoms with Crippen LogP contribution in [0.4, 0.5) is 0 Å². The maximum Gasteiger partial charge on any atom is 0.220 e. The van der Waals surface area contributed by atoms with Crippen LogP contribution in [0.25, 0.3) is 0 Å². The summed E-state index contributed by atoms with van der Waals surface area (Å²) < 4.78 is 0. The van der Waals surface area contributed by atoms with Gasteiger partial charge < -0.3 is 11.1 Å². The molecule has 0 spiro atoms. The number of carbonyl (C=O) groups excluding carboxylic acids is 1. The van der Waals surface area contributed by atoms with Crippen LogP contribution in [0.1, 0.15) is 36.1 Å². The number of amides is 1. The third-order valence-corrected chi connectivity index (χ3v) is 4.82. The van der Waals surface area contributed by atoms with E-state index in [1.54, 1.807) is 11.3 Å². The lowest BCUT2D eigenvalue weighted by Gasteiger charge is -2.40. The molecule has 0 bridgehead atoms. The van der Waals surface area contributed by atoms with E-state index in [2.05, 4.69) is 23.7 Å². The number of thiophene rings is 1. The number of rotatable bonds is 5. The van der Waals surface area contributed by atoms with Crippen LogP contribution < -0.4 is 11.1 Å². The molecule has 1 heterocycles. The van der Waals surface area contributed by atoms with Gasteiger partial charge in [0.15, 0.2) is 0 Å². The second kappa shape index (κ2) is 5.19. The Kier molecular flexibility index (Phi) is 3.84. The van der Waals surface area contributed by atoms with Crippen LogP contribution in [0.15, 0.2) is 11.4 Å². The lowest BCUT2D eigenvalue weighted by molar-refractivity contribution is -0.124. The van der Waals surface area contributed by atoms with E-state index in [4.69, 9.17) is 5.73 Å². The highest BCUT2D eigenvalue weighted by Gasteiger charge is 2.37. The molecule has 1 aromatic heterocycles. The van der Waals surface area contributed by atoms with Gasteiger partial charge in [-0.1, -0.05) is 6.42 Å². The molecule has 4 heteroatoms. The number of nitrogens with one attached hydrogen (secondary N) is 1. The Hall–Kier alpha value is -0.870. The third kappa shape index (κ3) is 2.87. The predicted molar refractivity (Wildman–Crippen MR) is 70.9 cm³/mol. The number of hydrogen-bond acceptors (Lipinski definition) is 3. The van der Waals surface area contributed by atoms with Gasteiger partial charge >= 0.3 is 0 Å². The standard InChI is InChI=1S/C13H20N2OS/c1-10-3-6-17-11(10)8-15-12(16)7-13(9-14)4-2-5-13/h3,6H,2,4-5,7-9,14H2,1H3,(H,15,16). The molecule has 3 N–H and O–H groups in total. The fourth-order valence-corrected chi connectivity index (χ4v) is 3.14. The highest BCUT2D eigenvalue weighted by Crippen LogP contribution is 2.42. The highest BCUT2D eigenvalue weighted by atomic mass is 32.1. The summed E-state index contributed by atoms with van der Waals surface area (Å²) in [4.78, 5) is 13.1. The summed E-state index contributed by atoms with van der Waals surface area (Å²) in [5, 5.41) is 5.06. The average molecular weight is 252 g/mol. The van der Waals surface area contributed by atoms with Gasteiger partial charge in [0.05, 0.1) is 6.54 Å². The van der Waals surface area contributed by atoms with Crippen LogP contribution in [-0.4, -0.2) is 12.5 Å². The minimum atomic E-state index is 0.106. The van der Waals surface area contributed by atoms with Crippen LogP contribution >= 0.6 is 11.3 Å². The number of nitrogens with two attached hydrogens (primary N) is 1. The minimum Gasteiger partial charge on any atom is -0.351 e. The van der Waals surface area contributed by atoms with Crippen LogP contribution in [0.3, 0.4) is 0 Å². The Morgan fingerprint density at radius 1 is 1.59 bits per heavy atom. The summed E-state index contributed by atoms with van der Waals surface area (Å²) in [5.74, 6) is 0.142. The van der Waals surface area contributed by atoms with E-state index in [0.29, 0.717) is 19.5 Å². The van der Waals surface area contributed by atoms with E-state index in [1.165, 1.54) is 16.9 Å². The van der Waals surface area contributed by atoms with Gasteiger partial charge in [-0.15, -0.1) is 11.3 Å². The first-order valence-electron chi connectivity index (χ1n) is 6.15. The van der Waals surface area contributed by atoms with Gasteiger partial charge in [-0.25, -0.2) is 0 Å². The van der Waals surface area contributed by atoms with Gasteiger partial charge in [-0.2, -0.15) is 0 Å². The second-order valence-corrected chi connectivity index (χ2v) is 6.04. The van der Waals surface area contributed by atoms with Crippen molar-refractivity contribution >= 4 is 17.2 Å². The van der Waals surface area contributed by atoms with E-state index in [-0.39, 0.29) is 11.3 Å². The van der Waals surface area contributed by atoms with Gasteiger partial charge in [0.25, 0.3) is 0 Å². The Balaban J connectivity index is 1.80. The largest absolute Gasteiger partial charge is 0.351 e. The lowest BCUT2D eigenvalue weighted by atomic mass is 9.66. The lowest BCUT2D eigenvalue weighted by Crippen LogP contribution is -2.41. The van der Waals surface area contributed by atoms with E-state index in [9.17, 15) is 4.79 Å². The molecule has 1 fully saturated rings. The van der Waals surface area contributed by atoms with Crippen molar-refractivity contribution in [1.82, 2.24) is 5.32 Å². The second-order valence-electron chi connectivity index (χ2n) is 5.04. The minimum absolute atomic E-state index is 0.106. The van der Waals surface area contributed by atoms with Crippen molar-refractivity contribution in [1.29, 1.82) is 0 Å². The molecule has 0 unspecified atom stereocenters. The zero-order valence-electron chi connectivity index (χ0n) is 10.3. The SMILES string of the molecule is Cc1ccsc1CNC(=O)CC1(CN)CCC1. The number of carbonyl (C=O) groups is 1. The normalized spacial score (nSPS) is 17.5. The van der Waals surface area contributed by atoms with Crippen LogP contribution in [0.2, 0.25) is 0 Å². The molecule has 1 aromatic rings. The van der Waals surface area contributed by atoms with E-state index >= 15 is 0 Å². The molecule has 0 saturated heterocycles. The van der Waals surface area contributed by atoms with E-state index in [0.717, 1.165) is 12.8 Å². The maximum atomic E-state index is 11.9. The summed E-state index contributed by atoms with van der Waals surface area (Å²) in [6.45, 7) is 3.37. The molecule has 3 nitrogen and oxygen atoms in total. The zero-order chi connectivity index (χ0) is 12.3. The van der Waals surface area contributed by atoms with Crippen LogP contribution in [0.5, 0.6) is 0 Å². The molecular weight excluding hydrogens is 232 g/mol. The summed E-state index contributed by atoms with van der Waals surface area (Å²) in [5.41, 5.74) is 7.12. The van der Waals surface area contributed by atoms with Crippen molar-refractivity contribution in [3.63, 3.8) is 0 Å². The van der Waals surface area contributed by atoms with E-state index in [1.807, 2.05) is 0 Å². The first kappa shape index (κ1) is 12.6. The van der Waals surface area contributed by atoms with Gasteiger partial charge in [0.1, 0.15) is 0 Å². The molecule has 1 amide bonds. The zero-order valence-corrected chi connectivity index (χ0v) is 11.1. The Morgan fingerprint density at radius 2 is 2.35 bits per heavy atom. The maximum absolute atomic E-state index is 11.9. The monoisotopic (exact) mass is 252 g/mol. The molecule has 94 valence electrons. The first-order chi connectivity index (χ1) is 8.15. The smallest absolute Gasteiger partial charge is 0.220 e. The Labute approximate surface area is 106 Å². The molecule has 1 saturated carbocycles. The number of aryl methyl sites for hydroxylation is 1. The van der Waals surface area contributed by atoms with Crippen LogP contribution in [0, 0.1) is 12.3 Å². The predicted octanol–water partition coefficient (Wildman–Crippen LogP) is 2.19. The van der Waals surface area contributed by atoms with Gasteiger partial charge in [0.2, 0.25) is 5.91 Å². The fourth-order valence-electron chi connectivity index (χ4n) is 2.30. The third-order valence-electron chi connectivity index (χ3n) is 3.80. The topological polar surface area (TPSA) is 55.1 Å². The highest BCUT2D eigenvalue weighted by molar-refractivity contribution is 7.10. The van der Waals surface area contributed by atoms with Crippen molar-refractivity contribution < 1.29 is 4.79 Å². The van der Waals surface area contributed by atoms with Crippen LogP contribution in [-0.2, 0) is 11.3 Å². The fraction of sp³-hybridized carbons (Fsp3) is 0.615. The van der Waals surface area contributed by atoms with Crippen molar-refractivity contribution in [3.8, 4) is 0 Å². The summed E-state index contributed by atoms with van der Waals surface area (Å²) >= 11 is 1.70. The van der Waals surface area contributed by atoms with Crippen molar-refractivity contribution in [3.05, 3.63) is 21.9 Å². The van der Waals surface area contributed by atoms with Gasteiger partial charge in [-0.05, 0) is 48.7 Å².